The number of halogens is 3. The number of nitrogens with one attached hydrogen (secondary N) is 1. The summed E-state index contributed by atoms with van der Waals surface area (Å²) in [4.78, 5) is 22.0. The van der Waals surface area contributed by atoms with Crippen LogP contribution in [0.4, 0.5) is 13.2 Å². The van der Waals surface area contributed by atoms with Crippen LogP contribution in [-0.2, 0) is 9.59 Å². The van der Waals surface area contributed by atoms with E-state index in [2.05, 4.69) is 5.32 Å². The molecule has 3 nitrogen and oxygen atoms in total. The summed E-state index contributed by atoms with van der Waals surface area (Å²) in [5.74, 6) is -2.09. The highest BCUT2D eigenvalue weighted by Crippen LogP contribution is 2.32. The number of amides is 1. The first kappa shape index (κ1) is 13.0. The van der Waals surface area contributed by atoms with Crippen molar-refractivity contribution in [2.24, 2.45) is 5.92 Å². The molecule has 0 bridgehead atoms. The standard InChI is InChI=1S/C10H14F3NO2/c1-2-6(10(11,12)13)3-4-7-8(15)5-9(16)14-7/h6-7H,2-5H2,1H3,(H,14,16). The van der Waals surface area contributed by atoms with Gasteiger partial charge < -0.3 is 5.32 Å². The highest BCUT2D eigenvalue weighted by Gasteiger charge is 2.39. The summed E-state index contributed by atoms with van der Waals surface area (Å²) in [6, 6.07) is -0.719. The first-order chi connectivity index (χ1) is 7.34. The van der Waals surface area contributed by atoms with Gasteiger partial charge in [-0.25, -0.2) is 0 Å². The van der Waals surface area contributed by atoms with Gasteiger partial charge in [-0.1, -0.05) is 6.92 Å². The quantitative estimate of drug-likeness (QED) is 0.758. The molecule has 1 N–H and O–H groups in total. The average molecular weight is 237 g/mol. The molecule has 2 atom stereocenters. The minimum Gasteiger partial charge on any atom is -0.346 e. The smallest absolute Gasteiger partial charge is 0.346 e. The molecule has 0 aromatic heterocycles. The Morgan fingerprint density at radius 3 is 2.44 bits per heavy atom. The molecule has 1 saturated heterocycles. The summed E-state index contributed by atoms with van der Waals surface area (Å²) >= 11 is 0. The van der Waals surface area contributed by atoms with Crippen molar-refractivity contribution in [3.63, 3.8) is 0 Å². The van der Waals surface area contributed by atoms with Gasteiger partial charge in [0, 0.05) is 0 Å². The lowest BCUT2D eigenvalue weighted by Gasteiger charge is -2.19. The van der Waals surface area contributed by atoms with Crippen LogP contribution in [0.15, 0.2) is 0 Å². The van der Waals surface area contributed by atoms with Crippen molar-refractivity contribution >= 4 is 11.7 Å². The van der Waals surface area contributed by atoms with Crippen LogP contribution in [0, 0.1) is 5.92 Å². The van der Waals surface area contributed by atoms with E-state index in [0.717, 1.165) is 0 Å². The van der Waals surface area contributed by atoms with Crippen molar-refractivity contribution in [1.82, 2.24) is 5.32 Å². The van der Waals surface area contributed by atoms with Crippen molar-refractivity contribution < 1.29 is 22.8 Å². The molecule has 2 unspecified atom stereocenters. The highest BCUT2D eigenvalue weighted by molar-refractivity contribution is 6.07. The van der Waals surface area contributed by atoms with E-state index >= 15 is 0 Å². The Kier molecular flexibility index (Phi) is 3.93. The predicted octanol–water partition coefficient (Wildman–Crippen LogP) is 1.81. The molecule has 0 radical (unpaired) electrons. The van der Waals surface area contributed by atoms with E-state index < -0.39 is 24.0 Å². The summed E-state index contributed by atoms with van der Waals surface area (Å²) < 4.78 is 37.2. The van der Waals surface area contributed by atoms with E-state index in [1.54, 1.807) is 0 Å². The van der Waals surface area contributed by atoms with Crippen molar-refractivity contribution in [2.75, 3.05) is 0 Å². The Bertz CT molecular complexity index is 288. The van der Waals surface area contributed by atoms with E-state index in [0.29, 0.717) is 0 Å². The van der Waals surface area contributed by atoms with Crippen LogP contribution >= 0.6 is 0 Å². The Morgan fingerprint density at radius 2 is 2.06 bits per heavy atom. The zero-order valence-corrected chi connectivity index (χ0v) is 8.93. The molecular formula is C10H14F3NO2. The van der Waals surface area contributed by atoms with Gasteiger partial charge in [0.05, 0.1) is 18.4 Å². The molecule has 1 amide bonds. The van der Waals surface area contributed by atoms with E-state index in [4.69, 9.17) is 0 Å². The normalized spacial score (nSPS) is 23.4. The van der Waals surface area contributed by atoms with Crippen LogP contribution in [0.5, 0.6) is 0 Å². The zero-order chi connectivity index (χ0) is 12.3. The lowest BCUT2D eigenvalue weighted by Crippen LogP contribution is -2.31. The third-order valence-corrected chi connectivity index (χ3v) is 2.82. The van der Waals surface area contributed by atoms with Gasteiger partial charge in [-0.15, -0.1) is 0 Å². The minimum absolute atomic E-state index is 0.00163. The minimum atomic E-state index is -4.22. The van der Waals surface area contributed by atoms with Gasteiger partial charge in [0.25, 0.3) is 0 Å². The second kappa shape index (κ2) is 4.84. The number of carbonyl (C=O) groups excluding carboxylic acids is 2. The Hall–Kier alpha value is -1.07. The molecule has 1 rings (SSSR count). The van der Waals surface area contributed by atoms with Crippen LogP contribution < -0.4 is 5.32 Å². The Balaban J connectivity index is 2.44. The largest absolute Gasteiger partial charge is 0.391 e. The number of hydrogen-bond acceptors (Lipinski definition) is 2. The van der Waals surface area contributed by atoms with E-state index in [1.165, 1.54) is 6.92 Å². The van der Waals surface area contributed by atoms with Crippen LogP contribution in [0.1, 0.15) is 32.6 Å². The zero-order valence-electron chi connectivity index (χ0n) is 8.93. The summed E-state index contributed by atoms with van der Waals surface area (Å²) in [5.41, 5.74) is 0. The maximum absolute atomic E-state index is 12.4. The maximum Gasteiger partial charge on any atom is 0.391 e. The van der Waals surface area contributed by atoms with E-state index in [-0.39, 0.29) is 31.5 Å². The van der Waals surface area contributed by atoms with Crippen molar-refractivity contribution in [3.8, 4) is 0 Å². The molecule has 1 heterocycles. The molecule has 0 aliphatic carbocycles. The molecule has 1 fully saturated rings. The number of rotatable bonds is 4. The summed E-state index contributed by atoms with van der Waals surface area (Å²) in [5, 5.41) is 2.38. The summed E-state index contributed by atoms with van der Waals surface area (Å²) in [6.07, 6.45) is -4.47. The Labute approximate surface area is 91.4 Å². The first-order valence-electron chi connectivity index (χ1n) is 5.23. The molecule has 1 aliphatic rings. The van der Waals surface area contributed by atoms with E-state index in [9.17, 15) is 22.8 Å². The summed E-state index contributed by atoms with van der Waals surface area (Å²) in [6.45, 7) is 1.47. The van der Waals surface area contributed by atoms with Gasteiger partial charge in [-0.3, -0.25) is 9.59 Å². The summed E-state index contributed by atoms with van der Waals surface area (Å²) in [7, 11) is 0. The highest BCUT2D eigenvalue weighted by atomic mass is 19.4. The Morgan fingerprint density at radius 1 is 1.44 bits per heavy atom. The number of carbonyl (C=O) groups is 2. The fourth-order valence-electron chi connectivity index (χ4n) is 1.81. The van der Waals surface area contributed by atoms with Crippen LogP contribution in [0.2, 0.25) is 0 Å². The third-order valence-electron chi connectivity index (χ3n) is 2.82. The van der Waals surface area contributed by atoms with Gasteiger partial charge in [0.2, 0.25) is 5.91 Å². The number of ketones is 1. The van der Waals surface area contributed by atoms with Gasteiger partial charge in [-0.05, 0) is 19.3 Å². The van der Waals surface area contributed by atoms with Gasteiger partial charge in [-0.2, -0.15) is 13.2 Å². The second-order valence-electron chi connectivity index (χ2n) is 3.99. The maximum atomic E-state index is 12.4. The second-order valence-corrected chi connectivity index (χ2v) is 3.99. The molecule has 92 valence electrons. The van der Waals surface area contributed by atoms with Crippen molar-refractivity contribution in [2.45, 2.75) is 44.8 Å². The molecule has 0 spiro atoms. The SMILES string of the molecule is CCC(CCC1NC(=O)CC1=O)C(F)(F)F. The first-order valence-corrected chi connectivity index (χ1v) is 5.23. The van der Waals surface area contributed by atoms with Crippen LogP contribution in [0.25, 0.3) is 0 Å². The van der Waals surface area contributed by atoms with Crippen molar-refractivity contribution in [3.05, 3.63) is 0 Å². The van der Waals surface area contributed by atoms with Gasteiger partial charge >= 0.3 is 6.18 Å². The number of alkyl halides is 3. The molecule has 0 saturated carbocycles. The fourth-order valence-corrected chi connectivity index (χ4v) is 1.81. The fraction of sp³-hybridized carbons (Fsp3) is 0.800. The molecule has 16 heavy (non-hydrogen) atoms. The van der Waals surface area contributed by atoms with Crippen LogP contribution in [-0.4, -0.2) is 23.9 Å². The molecular weight excluding hydrogens is 223 g/mol. The molecule has 0 aromatic carbocycles. The molecule has 0 aromatic rings. The van der Waals surface area contributed by atoms with Crippen LogP contribution in [0.3, 0.4) is 0 Å². The average Bonchev–Trinajstić information content (AvgIpc) is 2.44. The van der Waals surface area contributed by atoms with E-state index in [1.807, 2.05) is 0 Å². The third kappa shape index (κ3) is 3.21. The number of hydrogen-bond donors (Lipinski definition) is 1. The predicted molar refractivity (Wildman–Crippen MR) is 50.6 cm³/mol. The molecule has 1 aliphatic heterocycles. The van der Waals surface area contributed by atoms with Crippen molar-refractivity contribution in [1.29, 1.82) is 0 Å². The molecule has 6 heteroatoms. The van der Waals surface area contributed by atoms with Gasteiger partial charge in [0.1, 0.15) is 0 Å². The van der Waals surface area contributed by atoms with Gasteiger partial charge in [0.15, 0.2) is 5.78 Å². The number of Topliss-reactive ketones (excluding diaryl/α,β-unsaturated/α-hetero) is 1. The monoisotopic (exact) mass is 237 g/mol. The lowest BCUT2D eigenvalue weighted by molar-refractivity contribution is -0.177. The topological polar surface area (TPSA) is 46.2 Å². The lowest BCUT2D eigenvalue weighted by atomic mass is 9.96.